The Labute approximate surface area is 111 Å². The predicted octanol–water partition coefficient (Wildman–Crippen LogP) is 1.34. The molecule has 3 unspecified atom stereocenters. The number of carboxylic acid groups (broad SMARTS) is 1. The minimum Gasteiger partial charge on any atom is -0.508 e. The molecule has 6 N–H and O–H groups in total. The Morgan fingerprint density at radius 1 is 1.21 bits per heavy atom. The Morgan fingerprint density at radius 2 is 1.74 bits per heavy atom. The number of benzene rings is 1. The summed E-state index contributed by atoms with van der Waals surface area (Å²) in [6, 6.07) is 1.47. The summed E-state index contributed by atoms with van der Waals surface area (Å²) in [4.78, 5) is 10.7. The maximum Gasteiger partial charge on any atom is 0.320 e. The standard InChI is InChI=1S/C13H19NO5/c1-6(5-8(14)13(18)19)7(2)11-9(15)3-4-10(16)12(11)17/h3-4,6-8,15-17H,5,14H2,1-2H3,(H,18,19). The van der Waals surface area contributed by atoms with Gasteiger partial charge >= 0.3 is 5.97 Å². The van der Waals surface area contributed by atoms with Gasteiger partial charge in [0.05, 0.1) is 0 Å². The van der Waals surface area contributed by atoms with Crippen LogP contribution in [0.4, 0.5) is 0 Å². The molecule has 0 amide bonds. The molecule has 6 nitrogen and oxygen atoms in total. The molecule has 0 spiro atoms. The van der Waals surface area contributed by atoms with Gasteiger partial charge in [0.25, 0.3) is 0 Å². The van der Waals surface area contributed by atoms with Gasteiger partial charge < -0.3 is 26.2 Å². The van der Waals surface area contributed by atoms with Crippen LogP contribution < -0.4 is 5.73 Å². The zero-order valence-electron chi connectivity index (χ0n) is 10.9. The minimum absolute atomic E-state index is 0.140. The predicted molar refractivity (Wildman–Crippen MR) is 69.2 cm³/mol. The topological polar surface area (TPSA) is 124 Å². The number of aromatic hydroxyl groups is 3. The summed E-state index contributed by atoms with van der Waals surface area (Å²) in [5.74, 6) is -2.48. The highest BCUT2D eigenvalue weighted by molar-refractivity contribution is 5.73. The molecule has 6 heteroatoms. The number of phenolic OH excluding ortho intramolecular Hbond substituents is 3. The van der Waals surface area contributed by atoms with Crippen LogP contribution in [0.2, 0.25) is 0 Å². The van der Waals surface area contributed by atoms with Gasteiger partial charge in [-0.05, 0) is 30.4 Å². The van der Waals surface area contributed by atoms with Crippen molar-refractivity contribution < 1.29 is 25.2 Å². The molecule has 0 aliphatic rings. The lowest BCUT2D eigenvalue weighted by Gasteiger charge is -2.23. The Morgan fingerprint density at radius 3 is 2.26 bits per heavy atom. The first-order chi connectivity index (χ1) is 8.75. The normalized spacial score (nSPS) is 15.7. The maximum absolute atomic E-state index is 10.7. The van der Waals surface area contributed by atoms with Crippen molar-refractivity contribution in [3.8, 4) is 17.2 Å². The van der Waals surface area contributed by atoms with Gasteiger partial charge in [-0.25, -0.2) is 0 Å². The second-order valence-electron chi connectivity index (χ2n) is 4.81. The van der Waals surface area contributed by atoms with Crippen LogP contribution in [0.3, 0.4) is 0 Å². The number of rotatable bonds is 5. The van der Waals surface area contributed by atoms with Gasteiger partial charge in [0.2, 0.25) is 0 Å². The van der Waals surface area contributed by atoms with Crippen LogP contribution in [0.15, 0.2) is 12.1 Å². The molecule has 19 heavy (non-hydrogen) atoms. The second-order valence-corrected chi connectivity index (χ2v) is 4.81. The Bertz CT molecular complexity index is 474. The van der Waals surface area contributed by atoms with E-state index in [0.717, 1.165) is 0 Å². The summed E-state index contributed by atoms with van der Waals surface area (Å²) in [7, 11) is 0. The van der Waals surface area contributed by atoms with Gasteiger partial charge in [0.1, 0.15) is 11.8 Å². The summed E-state index contributed by atoms with van der Waals surface area (Å²) < 4.78 is 0. The Balaban J connectivity index is 2.97. The fraction of sp³-hybridized carbons (Fsp3) is 0.462. The maximum atomic E-state index is 10.7. The Kier molecular flexibility index (Phi) is 4.61. The van der Waals surface area contributed by atoms with Gasteiger partial charge in [-0.3, -0.25) is 4.79 Å². The van der Waals surface area contributed by atoms with E-state index in [4.69, 9.17) is 10.8 Å². The van der Waals surface area contributed by atoms with Crippen LogP contribution in [0.5, 0.6) is 17.2 Å². The number of carbonyl (C=O) groups is 1. The van der Waals surface area contributed by atoms with Crippen molar-refractivity contribution in [2.45, 2.75) is 32.2 Å². The molecule has 3 atom stereocenters. The minimum atomic E-state index is -1.09. The average molecular weight is 269 g/mol. The van der Waals surface area contributed by atoms with E-state index < -0.39 is 12.0 Å². The summed E-state index contributed by atoms with van der Waals surface area (Å²) in [6.07, 6.45) is 0.199. The molecule has 0 saturated heterocycles. The van der Waals surface area contributed by atoms with E-state index in [0.29, 0.717) is 0 Å². The molecule has 0 aromatic heterocycles. The molecule has 0 heterocycles. The highest BCUT2D eigenvalue weighted by Crippen LogP contribution is 2.43. The fourth-order valence-corrected chi connectivity index (χ4v) is 2.02. The molecule has 0 aliphatic heterocycles. The fourth-order valence-electron chi connectivity index (χ4n) is 2.02. The van der Waals surface area contributed by atoms with Crippen molar-refractivity contribution in [2.75, 3.05) is 0 Å². The van der Waals surface area contributed by atoms with Gasteiger partial charge in [0.15, 0.2) is 11.5 Å². The molecule has 1 aromatic carbocycles. The number of phenols is 3. The van der Waals surface area contributed by atoms with Crippen LogP contribution in [0.25, 0.3) is 0 Å². The highest BCUT2D eigenvalue weighted by atomic mass is 16.4. The molecule has 106 valence electrons. The number of hydrogen-bond donors (Lipinski definition) is 5. The van der Waals surface area contributed by atoms with Crippen molar-refractivity contribution in [1.29, 1.82) is 0 Å². The van der Waals surface area contributed by atoms with Gasteiger partial charge in [-0.2, -0.15) is 0 Å². The van der Waals surface area contributed by atoms with Crippen molar-refractivity contribution in [3.63, 3.8) is 0 Å². The molecule has 1 rings (SSSR count). The summed E-state index contributed by atoms with van der Waals surface area (Å²) in [5.41, 5.74) is 5.66. The smallest absolute Gasteiger partial charge is 0.320 e. The number of nitrogens with two attached hydrogens (primary N) is 1. The highest BCUT2D eigenvalue weighted by Gasteiger charge is 2.26. The van der Waals surface area contributed by atoms with E-state index in [2.05, 4.69) is 0 Å². The molecule has 1 aromatic rings. The van der Waals surface area contributed by atoms with Crippen molar-refractivity contribution in [1.82, 2.24) is 0 Å². The number of hydrogen-bond acceptors (Lipinski definition) is 5. The first-order valence-corrected chi connectivity index (χ1v) is 5.97. The van der Waals surface area contributed by atoms with Gasteiger partial charge in [-0.1, -0.05) is 13.8 Å². The first kappa shape index (κ1) is 15.1. The van der Waals surface area contributed by atoms with Gasteiger partial charge in [-0.15, -0.1) is 0 Å². The molecular weight excluding hydrogens is 250 g/mol. The summed E-state index contributed by atoms with van der Waals surface area (Å²) in [5, 5.41) is 37.8. The van der Waals surface area contributed by atoms with Crippen LogP contribution in [-0.2, 0) is 4.79 Å². The van der Waals surface area contributed by atoms with E-state index >= 15 is 0 Å². The zero-order valence-corrected chi connectivity index (χ0v) is 10.9. The van der Waals surface area contributed by atoms with Crippen molar-refractivity contribution in [3.05, 3.63) is 17.7 Å². The van der Waals surface area contributed by atoms with Gasteiger partial charge in [0, 0.05) is 5.56 Å². The Hall–Kier alpha value is -1.95. The molecule has 0 aliphatic carbocycles. The summed E-state index contributed by atoms with van der Waals surface area (Å²) >= 11 is 0. The van der Waals surface area contributed by atoms with Crippen LogP contribution in [-0.4, -0.2) is 32.4 Å². The third-order valence-corrected chi connectivity index (χ3v) is 3.42. The van der Waals surface area contributed by atoms with E-state index in [1.54, 1.807) is 13.8 Å². The monoisotopic (exact) mass is 269 g/mol. The largest absolute Gasteiger partial charge is 0.508 e. The van der Waals surface area contributed by atoms with Crippen LogP contribution in [0.1, 0.15) is 31.7 Å². The SMILES string of the molecule is CC(CC(N)C(=O)O)C(C)c1c(O)ccc(O)c1O. The lowest BCUT2D eigenvalue weighted by Crippen LogP contribution is -2.32. The molecule has 0 saturated carbocycles. The third kappa shape index (κ3) is 3.29. The van der Waals surface area contributed by atoms with Crippen molar-refractivity contribution in [2.24, 2.45) is 11.7 Å². The van der Waals surface area contributed by atoms with E-state index in [9.17, 15) is 20.1 Å². The lowest BCUT2D eigenvalue weighted by atomic mass is 9.84. The zero-order chi connectivity index (χ0) is 14.7. The van der Waals surface area contributed by atoms with Crippen molar-refractivity contribution >= 4 is 5.97 Å². The van der Waals surface area contributed by atoms with E-state index in [-0.39, 0.29) is 41.1 Å². The number of aliphatic carboxylic acids is 1. The quantitative estimate of drug-likeness (QED) is 0.406. The molecule has 0 bridgehead atoms. The van der Waals surface area contributed by atoms with Crippen LogP contribution in [0, 0.1) is 5.92 Å². The third-order valence-electron chi connectivity index (χ3n) is 3.42. The molecule has 0 radical (unpaired) electrons. The van der Waals surface area contributed by atoms with Crippen LogP contribution >= 0.6 is 0 Å². The lowest BCUT2D eigenvalue weighted by molar-refractivity contribution is -0.138. The number of carboxylic acids is 1. The van der Waals surface area contributed by atoms with E-state index in [1.807, 2.05) is 0 Å². The second kappa shape index (κ2) is 5.79. The van der Waals surface area contributed by atoms with E-state index in [1.165, 1.54) is 12.1 Å². The first-order valence-electron chi connectivity index (χ1n) is 5.97. The molecule has 0 fully saturated rings. The molecular formula is C13H19NO5. The summed E-state index contributed by atoms with van der Waals surface area (Å²) in [6.45, 7) is 3.50. The average Bonchev–Trinajstić information content (AvgIpc) is 2.33.